The van der Waals surface area contributed by atoms with Crippen LogP contribution in [0.25, 0.3) is 0 Å². The molecule has 166 valence electrons. The number of carbonyl (C=O) groups is 2. The van der Waals surface area contributed by atoms with Gasteiger partial charge in [0.15, 0.2) is 0 Å². The molecule has 7 nitrogen and oxygen atoms in total. The number of anilines is 1. The predicted molar refractivity (Wildman–Crippen MR) is 120 cm³/mol. The zero-order chi connectivity index (χ0) is 22.1. The Balaban J connectivity index is 1.54. The van der Waals surface area contributed by atoms with Crippen LogP contribution in [0.4, 0.5) is 10.5 Å². The lowest BCUT2D eigenvalue weighted by atomic mass is 10.0. The van der Waals surface area contributed by atoms with Gasteiger partial charge in [-0.2, -0.15) is 0 Å². The van der Waals surface area contributed by atoms with E-state index in [4.69, 9.17) is 9.47 Å². The molecule has 0 radical (unpaired) electrons. The molecule has 1 saturated heterocycles. The molecular weight excluding hydrogens is 394 g/mol. The third-order valence-corrected chi connectivity index (χ3v) is 5.14. The molecule has 1 fully saturated rings. The summed E-state index contributed by atoms with van der Waals surface area (Å²) < 4.78 is 10.7. The second-order valence-corrected chi connectivity index (χ2v) is 8.01. The van der Waals surface area contributed by atoms with Gasteiger partial charge in [-0.3, -0.25) is 9.69 Å². The largest absolute Gasteiger partial charge is 0.445 e. The SMILES string of the molecule is CC(C)[C@H](NC(=O)OCc1ccccc1)C(=O)Nc1cccc(CN2CCOCC2)c1. The van der Waals surface area contributed by atoms with Gasteiger partial charge in [0.1, 0.15) is 12.6 Å². The number of ether oxygens (including phenoxy) is 2. The zero-order valence-corrected chi connectivity index (χ0v) is 18.2. The van der Waals surface area contributed by atoms with Gasteiger partial charge in [0.25, 0.3) is 0 Å². The van der Waals surface area contributed by atoms with E-state index in [9.17, 15) is 9.59 Å². The molecule has 1 heterocycles. The number of rotatable bonds is 8. The summed E-state index contributed by atoms with van der Waals surface area (Å²) in [7, 11) is 0. The standard InChI is InChI=1S/C24H31N3O4/c1-18(2)22(26-24(29)31-17-19-7-4-3-5-8-19)23(28)25-21-10-6-9-20(15-21)16-27-11-13-30-14-12-27/h3-10,15,18,22H,11-14,16-17H2,1-2H3,(H,25,28)(H,26,29)/t22-/m0/s1. The third-order valence-electron chi connectivity index (χ3n) is 5.14. The molecule has 0 aliphatic carbocycles. The summed E-state index contributed by atoms with van der Waals surface area (Å²) in [5, 5.41) is 5.62. The highest BCUT2D eigenvalue weighted by molar-refractivity contribution is 5.96. The van der Waals surface area contributed by atoms with E-state index in [1.807, 2.05) is 68.4 Å². The minimum Gasteiger partial charge on any atom is -0.445 e. The lowest BCUT2D eigenvalue weighted by Gasteiger charge is -2.26. The molecule has 2 amide bonds. The van der Waals surface area contributed by atoms with Crippen molar-refractivity contribution in [1.29, 1.82) is 0 Å². The summed E-state index contributed by atoms with van der Waals surface area (Å²) in [5.74, 6) is -0.365. The van der Waals surface area contributed by atoms with Crippen LogP contribution in [0.15, 0.2) is 54.6 Å². The van der Waals surface area contributed by atoms with E-state index in [1.165, 1.54) is 0 Å². The van der Waals surface area contributed by atoms with E-state index in [2.05, 4.69) is 15.5 Å². The molecular formula is C24H31N3O4. The normalized spacial score (nSPS) is 15.3. The minimum atomic E-state index is -0.703. The van der Waals surface area contributed by atoms with Crippen molar-refractivity contribution < 1.29 is 19.1 Å². The molecule has 0 bridgehead atoms. The van der Waals surface area contributed by atoms with Crippen LogP contribution in [-0.4, -0.2) is 49.2 Å². The molecule has 2 N–H and O–H groups in total. The van der Waals surface area contributed by atoms with Gasteiger partial charge in [-0.1, -0.05) is 56.3 Å². The lowest BCUT2D eigenvalue weighted by molar-refractivity contribution is -0.119. The van der Waals surface area contributed by atoms with E-state index in [0.717, 1.165) is 44.0 Å². The average Bonchev–Trinajstić information content (AvgIpc) is 2.77. The second-order valence-electron chi connectivity index (χ2n) is 8.01. The number of nitrogens with zero attached hydrogens (tertiary/aromatic N) is 1. The summed E-state index contributed by atoms with van der Waals surface area (Å²) in [6.45, 7) is 8.04. The fourth-order valence-electron chi connectivity index (χ4n) is 3.41. The molecule has 7 heteroatoms. The maximum absolute atomic E-state index is 12.9. The molecule has 2 aromatic carbocycles. The van der Waals surface area contributed by atoms with Crippen molar-refractivity contribution in [2.45, 2.75) is 33.0 Å². The summed E-state index contributed by atoms with van der Waals surface area (Å²) in [6.07, 6.45) is -0.612. The van der Waals surface area contributed by atoms with Crippen molar-refractivity contribution in [3.05, 3.63) is 65.7 Å². The summed E-state index contributed by atoms with van der Waals surface area (Å²) in [4.78, 5) is 27.4. The van der Waals surface area contributed by atoms with Crippen molar-refractivity contribution in [3.8, 4) is 0 Å². The Bertz CT molecular complexity index is 851. The van der Waals surface area contributed by atoms with Gasteiger partial charge in [0.2, 0.25) is 5.91 Å². The first-order valence-corrected chi connectivity index (χ1v) is 10.7. The monoisotopic (exact) mass is 425 g/mol. The van der Waals surface area contributed by atoms with E-state index in [0.29, 0.717) is 5.69 Å². The quantitative estimate of drug-likeness (QED) is 0.678. The average molecular weight is 426 g/mol. The van der Waals surface area contributed by atoms with Gasteiger partial charge in [0, 0.05) is 25.3 Å². The molecule has 0 saturated carbocycles. The predicted octanol–water partition coefficient (Wildman–Crippen LogP) is 3.41. The van der Waals surface area contributed by atoms with Crippen LogP contribution in [0.5, 0.6) is 0 Å². The highest BCUT2D eigenvalue weighted by Gasteiger charge is 2.25. The van der Waals surface area contributed by atoms with Gasteiger partial charge in [-0.15, -0.1) is 0 Å². The highest BCUT2D eigenvalue weighted by Crippen LogP contribution is 2.15. The Kier molecular flexibility index (Phi) is 8.44. The molecule has 0 unspecified atom stereocenters. The van der Waals surface area contributed by atoms with Crippen LogP contribution in [0.1, 0.15) is 25.0 Å². The van der Waals surface area contributed by atoms with Crippen LogP contribution >= 0.6 is 0 Å². The Morgan fingerprint density at radius 1 is 1.03 bits per heavy atom. The molecule has 1 aliphatic rings. The molecule has 1 aliphatic heterocycles. The Labute approximate surface area is 183 Å². The van der Waals surface area contributed by atoms with Crippen molar-refractivity contribution in [2.24, 2.45) is 5.92 Å². The van der Waals surface area contributed by atoms with Crippen molar-refractivity contribution in [3.63, 3.8) is 0 Å². The maximum Gasteiger partial charge on any atom is 0.408 e. The van der Waals surface area contributed by atoms with E-state index < -0.39 is 12.1 Å². The number of hydrogen-bond acceptors (Lipinski definition) is 5. The molecule has 0 spiro atoms. The second kappa shape index (κ2) is 11.5. The summed E-state index contributed by atoms with van der Waals surface area (Å²) in [6, 6.07) is 16.5. The Morgan fingerprint density at radius 2 is 1.74 bits per heavy atom. The van der Waals surface area contributed by atoms with Crippen LogP contribution in [0.2, 0.25) is 0 Å². The van der Waals surface area contributed by atoms with Gasteiger partial charge in [-0.05, 0) is 29.2 Å². The number of hydrogen-bond donors (Lipinski definition) is 2. The van der Waals surface area contributed by atoms with Gasteiger partial charge in [0.05, 0.1) is 13.2 Å². The maximum atomic E-state index is 12.9. The first kappa shape index (κ1) is 22.8. The van der Waals surface area contributed by atoms with Gasteiger partial charge in [-0.25, -0.2) is 4.79 Å². The molecule has 31 heavy (non-hydrogen) atoms. The van der Waals surface area contributed by atoms with E-state index in [1.54, 1.807) is 0 Å². The Morgan fingerprint density at radius 3 is 2.45 bits per heavy atom. The van der Waals surface area contributed by atoms with Crippen molar-refractivity contribution >= 4 is 17.7 Å². The fourth-order valence-corrected chi connectivity index (χ4v) is 3.41. The Hall–Kier alpha value is -2.90. The number of nitrogens with one attached hydrogen (secondary N) is 2. The molecule has 1 atom stereocenters. The molecule has 2 aromatic rings. The number of alkyl carbamates (subject to hydrolysis) is 1. The van der Waals surface area contributed by atoms with E-state index in [-0.39, 0.29) is 18.4 Å². The van der Waals surface area contributed by atoms with Crippen LogP contribution < -0.4 is 10.6 Å². The number of amides is 2. The summed E-state index contributed by atoms with van der Waals surface area (Å²) in [5.41, 5.74) is 2.72. The molecule has 0 aromatic heterocycles. The van der Waals surface area contributed by atoms with Gasteiger partial charge < -0.3 is 20.1 Å². The molecule has 3 rings (SSSR count). The number of benzene rings is 2. The third kappa shape index (κ3) is 7.38. The highest BCUT2D eigenvalue weighted by atomic mass is 16.5. The number of carbonyl (C=O) groups excluding carboxylic acids is 2. The summed E-state index contributed by atoms with van der Waals surface area (Å²) >= 11 is 0. The first-order chi connectivity index (χ1) is 15.0. The topological polar surface area (TPSA) is 79.9 Å². The zero-order valence-electron chi connectivity index (χ0n) is 18.2. The van der Waals surface area contributed by atoms with Crippen molar-refractivity contribution in [1.82, 2.24) is 10.2 Å². The lowest BCUT2D eigenvalue weighted by Crippen LogP contribution is -2.47. The number of morpholine rings is 1. The first-order valence-electron chi connectivity index (χ1n) is 10.7. The van der Waals surface area contributed by atoms with Crippen LogP contribution in [0, 0.1) is 5.92 Å². The minimum absolute atomic E-state index is 0.0965. The van der Waals surface area contributed by atoms with Crippen LogP contribution in [0.3, 0.4) is 0 Å². The van der Waals surface area contributed by atoms with E-state index >= 15 is 0 Å². The smallest absolute Gasteiger partial charge is 0.408 e. The fraction of sp³-hybridized carbons (Fsp3) is 0.417. The van der Waals surface area contributed by atoms with Gasteiger partial charge >= 0.3 is 6.09 Å². The van der Waals surface area contributed by atoms with Crippen molar-refractivity contribution in [2.75, 3.05) is 31.6 Å². The van der Waals surface area contributed by atoms with Crippen LogP contribution in [-0.2, 0) is 27.4 Å².